The number of aromatic nitrogens is 2. The Kier molecular flexibility index (Phi) is 5.40. The molecule has 0 saturated carbocycles. The van der Waals surface area contributed by atoms with Crippen molar-refractivity contribution in [2.45, 2.75) is 33.6 Å². The van der Waals surface area contributed by atoms with Gasteiger partial charge in [0.1, 0.15) is 5.82 Å². The quantitative estimate of drug-likeness (QED) is 0.885. The fourth-order valence-electron chi connectivity index (χ4n) is 3.41. The number of nitrogens with zero attached hydrogens (tertiary/aromatic N) is 4. The molecule has 0 unspecified atom stereocenters. The van der Waals surface area contributed by atoms with E-state index in [0.717, 1.165) is 23.7 Å². The molecule has 1 saturated heterocycles. The predicted molar refractivity (Wildman–Crippen MR) is 103 cm³/mol. The monoisotopic (exact) mass is 354 g/mol. The molecule has 0 radical (unpaired) electrons. The molecule has 26 heavy (non-hydrogen) atoms. The predicted octanol–water partition coefficient (Wildman–Crippen LogP) is 3.55. The largest absolute Gasteiger partial charge is 0.481 e. The van der Waals surface area contributed by atoms with Gasteiger partial charge in [0.15, 0.2) is 0 Å². The average molecular weight is 354 g/mol. The first-order chi connectivity index (χ1) is 12.5. The van der Waals surface area contributed by atoms with Gasteiger partial charge in [-0.3, -0.25) is 4.79 Å². The fourth-order valence-corrected chi connectivity index (χ4v) is 3.41. The van der Waals surface area contributed by atoms with Crippen LogP contribution >= 0.6 is 0 Å². The third kappa shape index (κ3) is 3.95. The third-order valence-electron chi connectivity index (χ3n) is 4.87. The van der Waals surface area contributed by atoms with Gasteiger partial charge in [-0.1, -0.05) is 12.1 Å². The van der Waals surface area contributed by atoms with Gasteiger partial charge in [-0.15, -0.1) is 0 Å². The van der Waals surface area contributed by atoms with E-state index in [2.05, 4.69) is 46.8 Å². The number of hydrogen-bond donors (Lipinski definition) is 1. The Morgan fingerprint density at radius 1 is 1.23 bits per heavy atom. The molecule has 1 aromatic carbocycles. The highest BCUT2D eigenvalue weighted by molar-refractivity contribution is 5.70. The Bertz CT molecular complexity index is 785. The van der Waals surface area contributed by atoms with Gasteiger partial charge in [0.25, 0.3) is 0 Å². The summed E-state index contributed by atoms with van der Waals surface area (Å²) in [6, 6.07) is 10.3. The molecule has 2 aromatic rings. The maximum atomic E-state index is 11.2. The lowest BCUT2D eigenvalue weighted by Crippen LogP contribution is -2.37. The number of carboxylic acids is 1. The smallest absolute Gasteiger partial charge is 0.306 e. The highest BCUT2D eigenvalue weighted by Crippen LogP contribution is 2.27. The summed E-state index contributed by atoms with van der Waals surface area (Å²) in [6.45, 7) is 8.33. The van der Waals surface area contributed by atoms with E-state index in [1.165, 1.54) is 5.56 Å². The molecule has 0 spiro atoms. The Hall–Kier alpha value is -2.63. The second kappa shape index (κ2) is 7.72. The van der Waals surface area contributed by atoms with Crippen molar-refractivity contribution in [3.63, 3.8) is 0 Å². The zero-order valence-electron chi connectivity index (χ0n) is 15.6. The fraction of sp³-hybridized carbons (Fsp3) is 0.450. The van der Waals surface area contributed by atoms with Crippen LogP contribution in [0.1, 0.15) is 31.0 Å². The van der Waals surface area contributed by atoms with E-state index in [9.17, 15) is 9.90 Å². The summed E-state index contributed by atoms with van der Waals surface area (Å²) in [5.74, 6) is 0.629. The zero-order valence-corrected chi connectivity index (χ0v) is 15.6. The van der Waals surface area contributed by atoms with Gasteiger partial charge in [-0.2, -0.15) is 4.98 Å². The topological polar surface area (TPSA) is 69.6 Å². The Morgan fingerprint density at radius 2 is 1.96 bits per heavy atom. The molecule has 6 heteroatoms. The molecule has 1 N–H and O–H groups in total. The van der Waals surface area contributed by atoms with Crippen LogP contribution in [0.25, 0.3) is 0 Å². The van der Waals surface area contributed by atoms with Gasteiger partial charge in [0, 0.05) is 37.1 Å². The van der Waals surface area contributed by atoms with Crippen molar-refractivity contribution in [3.8, 4) is 0 Å². The third-order valence-corrected chi connectivity index (χ3v) is 4.87. The zero-order chi connectivity index (χ0) is 18.7. The van der Waals surface area contributed by atoms with Crippen molar-refractivity contribution in [2.75, 3.05) is 29.4 Å². The van der Waals surface area contributed by atoms with Crippen molar-refractivity contribution >= 4 is 23.4 Å². The van der Waals surface area contributed by atoms with Crippen LogP contribution in [0.3, 0.4) is 0 Å². The number of aliphatic carboxylic acids is 1. The van der Waals surface area contributed by atoms with Crippen molar-refractivity contribution in [3.05, 3.63) is 41.6 Å². The molecule has 6 nitrogen and oxygen atoms in total. The summed E-state index contributed by atoms with van der Waals surface area (Å²) in [5, 5.41) is 9.19. The minimum Gasteiger partial charge on any atom is -0.481 e. The Morgan fingerprint density at radius 3 is 2.58 bits per heavy atom. The number of carbonyl (C=O) groups is 1. The standard InChI is InChI=1S/C20H26N4O2/c1-4-24(17-7-5-6-14(2)12-17)20-21-15(3)13-18(22-20)23-10-8-16(9-11-23)19(25)26/h5-7,12-13,16H,4,8-11H2,1-3H3,(H,25,26). The minimum atomic E-state index is -0.694. The molecule has 0 amide bonds. The normalized spacial score (nSPS) is 15.1. The second-order valence-electron chi connectivity index (χ2n) is 6.85. The van der Waals surface area contributed by atoms with Crippen LogP contribution in [-0.2, 0) is 4.79 Å². The van der Waals surface area contributed by atoms with E-state index in [-0.39, 0.29) is 5.92 Å². The summed E-state index contributed by atoms with van der Waals surface area (Å²) >= 11 is 0. The number of anilines is 3. The molecule has 2 heterocycles. The van der Waals surface area contributed by atoms with Crippen LogP contribution in [-0.4, -0.2) is 40.7 Å². The van der Waals surface area contributed by atoms with E-state index < -0.39 is 5.97 Å². The summed E-state index contributed by atoms with van der Waals surface area (Å²) in [5.41, 5.74) is 3.19. The Balaban J connectivity index is 1.86. The van der Waals surface area contributed by atoms with E-state index in [4.69, 9.17) is 4.98 Å². The summed E-state index contributed by atoms with van der Waals surface area (Å²) in [6.07, 6.45) is 1.31. The van der Waals surface area contributed by atoms with Crippen molar-refractivity contribution < 1.29 is 9.90 Å². The van der Waals surface area contributed by atoms with E-state index in [1.54, 1.807) is 0 Å². The number of benzene rings is 1. The number of piperidine rings is 1. The van der Waals surface area contributed by atoms with Crippen LogP contribution < -0.4 is 9.80 Å². The molecular weight excluding hydrogens is 328 g/mol. The van der Waals surface area contributed by atoms with E-state index >= 15 is 0 Å². The molecule has 1 aromatic heterocycles. The summed E-state index contributed by atoms with van der Waals surface area (Å²) in [7, 11) is 0. The van der Waals surface area contributed by atoms with Gasteiger partial charge in [-0.25, -0.2) is 4.98 Å². The Labute approximate surface area is 154 Å². The van der Waals surface area contributed by atoms with Gasteiger partial charge < -0.3 is 14.9 Å². The minimum absolute atomic E-state index is 0.243. The number of rotatable bonds is 5. The molecule has 0 bridgehead atoms. The van der Waals surface area contributed by atoms with Gasteiger partial charge >= 0.3 is 5.97 Å². The van der Waals surface area contributed by atoms with Crippen molar-refractivity contribution in [1.82, 2.24) is 9.97 Å². The van der Waals surface area contributed by atoms with Gasteiger partial charge in [-0.05, 0) is 51.3 Å². The molecule has 1 fully saturated rings. The van der Waals surface area contributed by atoms with Crippen molar-refractivity contribution in [2.24, 2.45) is 5.92 Å². The molecular formula is C20H26N4O2. The number of carboxylic acid groups (broad SMARTS) is 1. The highest BCUT2D eigenvalue weighted by atomic mass is 16.4. The van der Waals surface area contributed by atoms with Crippen LogP contribution in [0.15, 0.2) is 30.3 Å². The lowest BCUT2D eigenvalue weighted by Gasteiger charge is -2.32. The van der Waals surface area contributed by atoms with Crippen LogP contribution in [0.4, 0.5) is 17.5 Å². The highest BCUT2D eigenvalue weighted by Gasteiger charge is 2.26. The average Bonchev–Trinajstić information content (AvgIpc) is 2.62. The van der Waals surface area contributed by atoms with Gasteiger partial charge in [0.2, 0.25) is 5.95 Å². The number of hydrogen-bond acceptors (Lipinski definition) is 5. The van der Waals surface area contributed by atoms with Crippen molar-refractivity contribution in [1.29, 1.82) is 0 Å². The first kappa shape index (κ1) is 18.2. The lowest BCUT2D eigenvalue weighted by atomic mass is 9.97. The molecule has 3 rings (SSSR count). The maximum Gasteiger partial charge on any atom is 0.306 e. The first-order valence-corrected chi connectivity index (χ1v) is 9.15. The SMILES string of the molecule is CCN(c1cccc(C)c1)c1nc(C)cc(N2CCC(C(=O)O)CC2)n1. The molecule has 1 aliphatic rings. The number of aryl methyl sites for hydroxylation is 2. The van der Waals surface area contributed by atoms with E-state index in [1.807, 2.05) is 19.1 Å². The van der Waals surface area contributed by atoms with Gasteiger partial charge in [0.05, 0.1) is 5.92 Å². The molecule has 0 aliphatic carbocycles. The molecule has 138 valence electrons. The molecule has 1 aliphatic heterocycles. The summed E-state index contributed by atoms with van der Waals surface area (Å²) in [4.78, 5) is 24.9. The van der Waals surface area contributed by atoms with Crippen LogP contribution in [0.2, 0.25) is 0 Å². The molecule has 0 atom stereocenters. The summed E-state index contributed by atoms with van der Waals surface area (Å²) < 4.78 is 0. The van der Waals surface area contributed by atoms with Crippen LogP contribution in [0, 0.1) is 19.8 Å². The maximum absolute atomic E-state index is 11.2. The lowest BCUT2D eigenvalue weighted by molar-refractivity contribution is -0.142. The van der Waals surface area contributed by atoms with E-state index in [0.29, 0.717) is 31.9 Å². The second-order valence-corrected chi connectivity index (χ2v) is 6.85. The van der Waals surface area contributed by atoms with Crippen LogP contribution in [0.5, 0.6) is 0 Å². The first-order valence-electron chi connectivity index (χ1n) is 9.15.